The summed E-state index contributed by atoms with van der Waals surface area (Å²) in [7, 11) is 0. The van der Waals surface area contributed by atoms with Crippen LogP contribution in [0.2, 0.25) is 0 Å². The number of rotatable bonds is 3. The van der Waals surface area contributed by atoms with E-state index in [9.17, 15) is 5.11 Å². The predicted octanol–water partition coefficient (Wildman–Crippen LogP) is 1.74. The van der Waals surface area contributed by atoms with E-state index >= 15 is 0 Å². The van der Waals surface area contributed by atoms with Crippen molar-refractivity contribution in [3.05, 3.63) is 66.0 Å². The van der Waals surface area contributed by atoms with Gasteiger partial charge in [-0.15, -0.1) is 12.4 Å². The molecule has 2 heterocycles. The van der Waals surface area contributed by atoms with E-state index in [-0.39, 0.29) is 12.4 Å². The molecule has 20 heavy (non-hydrogen) atoms. The highest BCUT2D eigenvalue weighted by molar-refractivity contribution is 5.95. The molecule has 0 bridgehead atoms. The maximum atomic E-state index is 11.2. The molecule has 0 spiro atoms. The molecule has 3 rings (SSSR count). The third-order valence-electron chi connectivity index (χ3n) is 3.24. The molecule has 4 nitrogen and oxygen atoms in total. The molecule has 104 valence electrons. The van der Waals surface area contributed by atoms with E-state index in [1.54, 1.807) is 6.20 Å². The molecular formula is C15H16ClN3O. The molecule has 2 aromatic rings. The first kappa shape index (κ1) is 14.5. The molecule has 2 N–H and O–H groups in total. The Bertz CT molecular complexity index is 547. The van der Waals surface area contributed by atoms with E-state index in [0.717, 1.165) is 12.1 Å². The Morgan fingerprint density at radius 1 is 1.05 bits per heavy atom. The topological polar surface area (TPSA) is 57.5 Å². The van der Waals surface area contributed by atoms with Gasteiger partial charge >= 0.3 is 0 Å². The number of hydrogen-bond acceptors (Lipinski definition) is 4. The van der Waals surface area contributed by atoms with Crippen molar-refractivity contribution in [3.8, 4) is 0 Å². The molecule has 0 fully saturated rings. The number of aliphatic imine (C=N–C) groups is 1. The van der Waals surface area contributed by atoms with Gasteiger partial charge in [0.05, 0.1) is 12.2 Å². The molecule has 1 aromatic carbocycles. The fraction of sp³-hybridized carbons (Fsp3) is 0.200. The minimum atomic E-state index is -1.31. The van der Waals surface area contributed by atoms with E-state index < -0.39 is 5.60 Å². The van der Waals surface area contributed by atoms with Crippen LogP contribution in [0, 0.1) is 0 Å². The lowest BCUT2D eigenvalue weighted by Gasteiger charge is -2.28. The van der Waals surface area contributed by atoms with Crippen LogP contribution in [-0.4, -0.2) is 29.0 Å². The van der Waals surface area contributed by atoms with Crippen LogP contribution in [0.15, 0.2) is 59.7 Å². The largest absolute Gasteiger partial charge is 0.372 e. The summed E-state index contributed by atoms with van der Waals surface area (Å²) in [5.74, 6) is 0.567. The number of benzene rings is 1. The minimum absolute atomic E-state index is 0. The van der Waals surface area contributed by atoms with Crippen LogP contribution in [0.4, 0.5) is 0 Å². The first-order valence-corrected chi connectivity index (χ1v) is 6.30. The highest BCUT2D eigenvalue weighted by Crippen LogP contribution is 2.29. The molecule has 1 aromatic heterocycles. The van der Waals surface area contributed by atoms with Gasteiger partial charge in [-0.05, 0) is 17.7 Å². The standard InChI is InChI=1S/C15H15N3O.ClH/c19-15(14-17-10-11-18-14,12-6-2-1-3-7-12)13-8-4-5-9-16-13;/h1-9,19H,10-11H2,(H,17,18);1H. The van der Waals surface area contributed by atoms with Crippen LogP contribution in [0.3, 0.4) is 0 Å². The van der Waals surface area contributed by atoms with E-state index in [0.29, 0.717) is 18.1 Å². The smallest absolute Gasteiger partial charge is 0.189 e. The van der Waals surface area contributed by atoms with E-state index in [1.165, 1.54) is 0 Å². The molecule has 0 radical (unpaired) electrons. The fourth-order valence-corrected chi connectivity index (χ4v) is 2.30. The predicted molar refractivity (Wildman–Crippen MR) is 81.2 cm³/mol. The number of nitrogens with zero attached hydrogens (tertiary/aromatic N) is 2. The number of amidine groups is 1. The maximum Gasteiger partial charge on any atom is 0.189 e. The summed E-state index contributed by atoms with van der Waals surface area (Å²) in [4.78, 5) is 8.68. The van der Waals surface area contributed by atoms with Gasteiger partial charge in [0.2, 0.25) is 0 Å². The lowest BCUT2D eigenvalue weighted by atomic mass is 9.88. The van der Waals surface area contributed by atoms with Gasteiger partial charge < -0.3 is 10.4 Å². The maximum absolute atomic E-state index is 11.2. The van der Waals surface area contributed by atoms with Gasteiger partial charge in [0, 0.05) is 12.7 Å². The quantitative estimate of drug-likeness (QED) is 0.905. The van der Waals surface area contributed by atoms with E-state index in [2.05, 4.69) is 15.3 Å². The average Bonchev–Trinajstić information content (AvgIpc) is 3.03. The molecule has 0 saturated carbocycles. The molecule has 1 aliphatic rings. The zero-order valence-electron chi connectivity index (χ0n) is 10.9. The molecule has 0 aliphatic carbocycles. The summed E-state index contributed by atoms with van der Waals surface area (Å²) >= 11 is 0. The van der Waals surface area contributed by atoms with Crippen molar-refractivity contribution < 1.29 is 5.11 Å². The Kier molecular flexibility index (Phi) is 4.37. The molecule has 1 atom stereocenters. The van der Waals surface area contributed by atoms with Crippen molar-refractivity contribution in [1.82, 2.24) is 10.3 Å². The molecule has 1 unspecified atom stereocenters. The Morgan fingerprint density at radius 3 is 2.40 bits per heavy atom. The zero-order valence-corrected chi connectivity index (χ0v) is 11.7. The summed E-state index contributed by atoms with van der Waals surface area (Å²) in [5.41, 5.74) is 0.0372. The normalized spacial score (nSPS) is 16.6. The lowest BCUT2D eigenvalue weighted by molar-refractivity contribution is 0.147. The van der Waals surface area contributed by atoms with Crippen LogP contribution in [0.5, 0.6) is 0 Å². The number of hydrogen-bond donors (Lipinski definition) is 2. The number of nitrogens with one attached hydrogen (secondary N) is 1. The second kappa shape index (κ2) is 6.03. The third kappa shape index (κ3) is 2.40. The summed E-state index contributed by atoms with van der Waals surface area (Å²) in [5, 5.41) is 14.4. The average molecular weight is 290 g/mol. The second-order valence-electron chi connectivity index (χ2n) is 4.45. The molecular weight excluding hydrogens is 274 g/mol. The summed E-state index contributed by atoms with van der Waals surface area (Å²) in [6.45, 7) is 1.43. The molecule has 5 heteroatoms. The van der Waals surface area contributed by atoms with E-state index in [1.807, 2.05) is 48.5 Å². The van der Waals surface area contributed by atoms with Gasteiger partial charge in [-0.3, -0.25) is 9.98 Å². The second-order valence-corrected chi connectivity index (χ2v) is 4.45. The Labute approximate surface area is 124 Å². The zero-order chi connectivity index (χ0) is 13.1. The highest BCUT2D eigenvalue weighted by Gasteiger charge is 2.39. The summed E-state index contributed by atoms with van der Waals surface area (Å²) < 4.78 is 0. The van der Waals surface area contributed by atoms with E-state index in [4.69, 9.17) is 0 Å². The number of aliphatic hydroxyl groups is 1. The van der Waals surface area contributed by atoms with Gasteiger partial charge in [0.25, 0.3) is 0 Å². The van der Waals surface area contributed by atoms with Crippen molar-refractivity contribution in [2.24, 2.45) is 4.99 Å². The van der Waals surface area contributed by atoms with Crippen molar-refractivity contribution in [1.29, 1.82) is 0 Å². The monoisotopic (exact) mass is 289 g/mol. The first-order valence-electron chi connectivity index (χ1n) is 6.30. The van der Waals surface area contributed by atoms with Gasteiger partial charge in [-0.1, -0.05) is 36.4 Å². The van der Waals surface area contributed by atoms with Gasteiger partial charge in [0.15, 0.2) is 5.60 Å². The SMILES string of the molecule is Cl.OC(C1=NCCN1)(c1ccccc1)c1ccccn1. The Balaban J connectivity index is 0.00000147. The van der Waals surface area contributed by atoms with Gasteiger partial charge in [-0.25, -0.2) is 0 Å². The van der Waals surface area contributed by atoms with Crippen LogP contribution in [-0.2, 0) is 5.60 Å². The van der Waals surface area contributed by atoms with Crippen LogP contribution >= 0.6 is 12.4 Å². The lowest BCUT2D eigenvalue weighted by Crippen LogP contribution is -2.44. The highest BCUT2D eigenvalue weighted by atomic mass is 35.5. The van der Waals surface area contributed by atoms with Crippen molar-refractivity contribution in [2.75, 3.05) is 13.1 Å². The first-order chi connectivity index (χ1) is 9.32. The summed E-state index contributed by atoms with van der Waals surface area (Å²) in [6.07, 6.45) is 1.68. The van der Waals surface area contributed by atoms with Crippen LogP contribution in [0.1, 0.15) is 11.3 Å². The van der Waals surface area contributed by atoms with Crippen molar-refractivity contribution >= 4 is 18.2 Å². The molecule has 1 aliphatic heterocycles. The minimum Gasteiger partial charge on any atom is -0.372 e. The summed E-state index contributed by atoms with van der Waals surface area (Å²) in [6, 6.07) is 15.0. The van der Waals surface area contributed by atoms with Gasteiger partial charge in [-0.2, -0.15) is 0 Å². The molecule has 0 amide bonds. The van der Waals surface area contributed by atoms with Crippen LogP contribution in [0.25, 0.3) is 0 Å². The number of aromatic nitrogens is 1. The Hall–Kier alpha value is -1.91. The van der Waals surface area contributed by atoms with Gasteiger partial charge in [0.1, 0.15) is 5.84 Å². The van der Waals surface area contributed by atoms with Crippen molar-refractivity contribution in [2.45, 2.75) is 5.60 Å². The third-order valence-corrected chi connectivity index (χ3v) is 3.24. The number of pyridine rings is 1. The number of halogens is 1. The van der Waals surface area contributed by atoms with Crippen molar-refractivity contribution in [3.63, 3.8) is 0 Å². The Morgan fingerprint density at radius 2 is 1.80 bits per heavy atom. The molecule has 0 saturated heterocycles. The fourth-order valence-electron chi connectivity index (χ4n) is 2.30. The van der Waals surface area contributed by atoms with Crippen LogP contribution < -0.4 is 5.32 Å².